The van der Waals surface area contributed by atoms with E-state index in [1.165, 1.54) is 0 Å². The number of aryl methyl sites for hydroxylation is 1. The number of halogens is 3. The van der Waals surface area contributed by atoms with Crippen LogP contribution in [0.3, 0.4) is 0 Å². The van der Waals surface area contributed by atoms with Crippen LogP contribution in [-0.2, 0) is 25.7 Å². The number of hydrogen-bond acceptors (Lipinski definition) is 4. The molecule has 1 aliphatic heterocycles. The highest BCUT2D eigenvalue weighted by atomic mass is 19.4. The molecule has 0 aliphatic carbocycles. The molecule has 23 heavy (non-hydrogen) atoms. The molecule has 0 bridgehead atoms. The highest BCUT2D eigenvalue weighted by Gasteiger charge is 2.35. The van der Waals surface area contributed by atoms with Gasteiger partial charge in [0.25, 0.3) is 0 Å². The molecule has 0 saturated heterocycles. The van der Waals surface area contributed by atoms with Crippen molar-refractivity contribution in [2.24, 2.45) is 5.92 Å². The summed E-state index contributed by atoms with van der Waals surface area (Å²) in [7, 11) is 0. The molecule has 0 amide bonds. The molecule has 1 atom stereocenters. The Kier molecular flexibility index (Phi) is 4.13. The average molecular weight is 324 g/mol. The molecule has 0 radical (unpaired) electrons. The first-order valence-corrected chi connectivity index (χ1v) is 7.28. The lowest BCUT2D eigenvalue weighted by Crippen LogP contribution is -2.29. The normalized spacial score (nSPS) is 17.7. The zero-order valence-electron chi connectivity index (χ0n) is 12.2. The van der Waals surface area contributed by atoms with Gasteiger partial charge in [0, 0.05) is 25.7 Å². The first-order valence-electron chi connectivity index (χ1n) is 7.28. The fraction of sp³-hybridized carbons (Fsp3) is 0.467. The molecule has 1 aliphatic rings. The van der Waals surface area contributed by atoms with Crippen molar-refractivity contribution in [2.75, 3.05) is 6.54 Å². The number of imidazole rings is 1. The lowest BCUT2D eigenvalue weighted by Gasteiger charge is -2.23. The van der Waals surface area contributed by atoms with E-state index in [0.717, 1.165) is 12.6 Å². The van der Waals surface area contributed by atoms with Crippen LogP contribution in [0.5, 0.6) is 0 Å². The summed E-state index contributed by atoms with van der Waals surface area (Å²) in [5.74, 6) is 1.67. The molecule has 2 aromatic heterocycles. The molecule has 0 spiro atoms. The van der Waals surface area contributed by atoms with E-state index in [1.54, 1.807) is 16.7 Å². The quantitative estimate of drug-likeness (QED) is 0.939. The number of furan rings is 1. The predicted octanol–water partition coefficient (Wildman–Crippen LogP) is 2.72. The van der Waals surface area contributed by atoms with Gasteiger partial charge in [-0.05, 0) is 24.5 Å². The summed E-state index contributed by atoms with van der Waals surface area (Å²) in [6.45, 7) is 1.68. The predicted molar refractivity (Wildman–Crippen MR) is 74.2 cm³/mol. The van der Waals surface area contributed by atoms with Crippen molar-refractivity contribution < 1.29 is 17.6 Å². The Labute approximate surface area is 130 Å². The molecule has 1 N–H and O–H groups in total. The van der Waals surface area contributed by atoms with Crippen LogP contribution >= 0.6 is 0 Å². The van der Waals surface area contributed by atoms with Crippen molar-refractivity contribution in [1.82, 2.24) is 14.9 Å². The summed E-state index contributed by atoms with van der Waals surface area (Å²) in [6.07, 6.45) is -1.96. The minimum atomic E-state index is -4.39. The van der Waals surface area contributed by atoms with Gasteiger partial charge in [-0.25, -0.2) is 4.98 Å². The highest BCUT2D eigenvalue weighted by Crippen LogP contribution is 2.30. The van der Waals surface area contributed by atoms with Gasteiger partial charge in [-0.1, -0.05) is 0 Å². The van der Waals surface area contributed by atoms with Crippen molar-refractivity contribution in [3.63, 3.8) is 0 Å². The van der Waals surface area contributed by atoms with Crippen LogP contribution in [0, 0.1) is 17.2 Å². The molecule has 0 aromatic carbocycles. The molecule has 0 unspecified atom stereocenters. The van der Waals surface area contributed by atoms with Gasteiger partial charge in [0.15, 0.2) is 5.69 Å². The average Bonchev–Trinajstić information content (AvgIpc) is 3.12. The van der Waals surface area contributed by atoms with Crippen LogP contribution in [0.15, 0.2) is 22.7 Å². The molecule has 122 valence electrons. The second-order valence-corrected chi connectivity index (χ2v) is 5.61. The third-order valence-electron chi connectivity index (χ3n) is 3.88. The Morgan fingerprint density at radius 3 is 2.96 bits per heavy atom. The molecule has 0 saturated carbocycles. The van der Waals surface area contributed by atoms with Crippen molar-refractivity contribution >= 4 is 0 Å². The van der Waals surface area contributed by atoms with Crippen molar-refractivity contribution in [2.45, 2.75) is 32.1 Å². The first kappa shape index (κ1) is 15.6. The van der Waals surface area contributed by atoms with E-state index < -0.39 is 11.9 Å². The van der Waals surface area contributed by atoms with Crippen LogP contribution in [0.4, 0.5) is 13.2 Å². The topological polar surface area (TPSA) is 66.8 Å². The first-order chi connectivity index (χ1) is 11.0. The molecular formula is C15H15F3N4O. The molecular weight excluding hydrogens is 309 g/mol. The Bertz CT molecular complexity index is 726. The summed E-state index contributed by atoms with van der Waals surface area (Å²) in [6, 6.07) is 5.25. The summed E-state index contributed by atoms with van der Waals surface area (Å²) in [5, 5.41) is 11.9. The third kappa shape index (κ3) is 3.56. The molecule has 3 heterocycles. The molecule has 0 fully saturated rings. The van der Waals surface area contributed by atoms with E-state index in [1.807, 2.05) is 6.07 Å². The maximum absolute atomic E-state index is 12.7. The highest BCUT2D eigenvalue weighted by molar-refractivity contribution is 5.19. The Hall–Kier alpha value is -2.27. The van der Waals surface area contributed by atoms with Crippen LogP contribution in [0.2, 0.25) is 0 Å². The van der Waals surface area contributed by atoms with E-state index in [0.29, 0.717) is 37.6 Å². The monoisotopic (exact) mass is 324 g/mol. The van der Waals surface area contributed by atoms with E-state index in [2.05, 4.69) is 10.3 Å². The summed E-state index contributed by atoms with van der Waals surface area (Å²) >= 11 is 0. The molecule has 3 rings (SSSR count). The summed E-state index contributed by atoms with van der Waals surface area (Å²) < 4.78 is 44.9. The van der Waals surface area contributed by atoms with E-state index >= 15 is 0 Å². The summed E-state index contributed by atoms with van der Waals surface area (Å²) in [5.41, 5.74) is -0.819. The summed E-state index contributed by atoms with van der Waals surface area (Å²) in [4.78, 5) is 3.67. The fourth-order valence-electron chi connectivity index (χ4n) is 2.75. The molecule has 5 nitrogen and oxygen atoms in total. The van der Waals surface area contributed by atoms with Gasteiger partial charge in [0.1, 0.15) is 17.7 Å². The van der Waals surface area contributed by atoms with Gasteiger partial charge < -0.3 is 14.3 Å². The number of nitrogens with zero attached hydrogens (tertiary/aromatic N) is 3. The second-order valence-electron chi connectivity index (χ2n) is 5.61. The largest absolute Gasteiger partial charge is 0.449 e. The van der Waals surface area contributed by atoms with Gasteiger partial charge >= 0.3 is 6.18 Å². The lowest BCUT2D eigenvalue weighted by atomic mass is 9.99. The molecule has 8 heteroatoms. The zero-order chi connectivity index (χ0) is 16.4. The standard InChI is InChI=1S/C15H15F3N4O/c16-15(17,18)13-9-22-8-10(1-4-14(22)21-13)6-20-7-12-3-2-11(5-19)23-12/h2-3,9-10,20H,1,4,6-8H2/t10-/m0/s1. The maximum Gasteiger partial charge on any atom is 0.434 e. The van der Waals surface area contributed by atoms with E-state index in [-0.39, 0.29) is 11.7 Å². The van der Waals surface area contributed by atoms with Gasteiger partial charge in [-0.2, -0.15) is 18.4 Å². The number of aromatic nitrogens is 2. The van der Waals surface area contributed by atoms with Crippen LogP contribution in [0.25, 0.3) is 0 Å². The van der Waals surface area contributed by atoms with Crippen molar-refractivity contribution in [1.29, 1.82) is 5.26 Å². The number of hydrogen-bond donors (Lipinski definition) is 1. The Balaban J connectivity index is 1.53. The minimum absolute atomic E-state index is 0.239. The number of nitriles is 1. The second kappa shape index (κ2) is 6.08. The van der Waals surface area contributed by atoms with Gasteiger partial charge in [0.05, 0.1) is 6.54 Å². The third-order valence-corrected chi connectivity index (χ3v) is 3.88. The van der Waals surface area contributed by atoms with Gasteiger partial charge in [-0.3, -0.25) is 0 Å². The Morgan fingerprint density at radius 2 is 2.26 bits per heavy atom. The number of fused-ring (bicyclic) bond motifs is 1. The fourth-order valence-corrected chi connectivity index (χ4v) is 2.75. The van der Waals surface area contributed by atoms with Crippen LogP contribution in [-0.4, -0.2) is 16.1 Å². The van der Waals surface area contributed by atoms with E-state index in [4.69, 9.17) is 9.68 Å². The zero-order valence-corrected chi connectivity index (χ0v) is 12.2. The van der Waals surface area contributed by atoms with E-state index in [9.17, 15) is 13.2 Å². The van der Waals surface area contributed by atoms with Crippen LogP contribution < -0.4 is 5.32 Å². The number of rotatable bonds is 4. The number of alkyl halides is 3. The minimum Gasteiger partial charge on any atom is -0.449 e. The van der Waals surface area contributed by atoms with Crippen molar-refractivity contribution in [3.05, 3.63) is 41.4 Å². The lowest BCUT2D eigenvalue weighted by molar-refractivity contribution is -0.141. The smallest absolute Gasteiger partial charge is 0.434 e. The Morgan fingerprint density at radius 1 is 1.43 bits per heavy atom. The number of nitrogens with one attached hydrogen (secondary N) is 1. The molecule has 2 aromatic rings. The SMILES string of the molecule is N#Cc1ccc(CNC[C@@H]2CCc3nc(C(F)(F)F)cn3C2)o1. The van der Waals surface area contributed by atoms with Gasteiger partial charge in [-0.15, -0.1) is 0 Å². The van der Waals surface area contributed by atoms with Crippen LogP contribution in [0.1, 0.15) is 29.5 Å². The van der Waals surface area contributed by atoms with Crippen molar-refractivity contribution in [3.8, 4) is 6.07 Å². The maximum atomic E-state index is 12.7. The van der Waals surface area contributed by atoms with Gasteiger partial charge in [0.2, 0.25) is 5.76 Å².